The Labute approximate surface area is 162 Å². The lowest BCUT2D eigenvalue weighted by molar-refractivity contribution is 0.0696. The molecule has 0 fully saturated rings. The molecule has 140 valence electrons. The Morgan fingerprint density at radius 1 is 1.15 bits per heavy atom. The van der Waals surface area contributed by atoms with E-state index in [-0.39, 0.29) is 16.8 Å². The maximum absolute atomic E-state index is 13.3. The first-order valence-corrected chi connectivity index (χ1v) is 9.44. The number of aliphatic imine (C=N–C) groups is 1. The lowest BCUT2D eigenvalue weighted by Gasteiger charge is -2.25. The van der Waals surface area contributed by atoms with Crippen LogP contribution >= 0.6 is 11.8 Å². The standard InChI is InChI=1S/C21H21NO4S/c1-12-15(9-10-26-12)18(23)17-16(21(2,3)4)11-27-19(17)22-14-7-5-13(6-8-14)20(24)25/h5-11,17H,1-4H3,(H,24,25)/t17-/m0/s1. The lowest BCUT2D eigenvalue weighted by atomic mass is 9.77. The number of carboxylic acids is 1. The first-order valence-electron chi connectivity index (χ1n) is 8.56. The highest BCUT2D eigenvalue weighted by Gasteiger charge is 2.39. The molecule has 0 aliphatic carbocycles. The van der Waals surface area contributed by atoms with Gasteiger partial charge in [0.05, 0.1) is 34.0 Å². The maximum Gasteiger partial charge on any atom is 0.335 e. The molecule has 5 nitrogen and oxygen atoms in total. The van der Waals surface area contributed by atoms with Crippen LogP contribution in [0.5, 0.6) is 0 Å². The molecule has 1 aromatic carbocycles. The SMILES string of the molecule is Cc1occc1C(=O)[C@@H]1C(C(C)(C)C)=CSC1=Nc1ccc(C(=O)O)cc1. The molecule has 0 spiro atoms. The second-order valence-corrected chi connectivity index (χ2v) is 8.32. The first-order chi connectivity index (χ1) is 12.7. The molecule has 3 rings (SSSR count). The number of rotatable bonds is 4. The first kappa shape index (κ1) is 19.2. The fourth-order valence-corrected chi connectivity index (χ4v) is 4.21. The molecule has 0 saturated carbocycles. The average molecular weight is 383 g/mol. The quantitative estimate of drug-likeness (QED) is 0.706. The minimum atomic E-state index is -0.982. The zero-order chi connectivity index (χ0) is 19.8. The van der Waals surface area contributed by atoms with Crippen molar-refractivity contribution >= 4 is 34.2 Å². The van der Waals surface area contributed by atoms with E-state index in [1.165, 1.54) is 30.2 Å². The molecule has 2 aromatic rings. The molecule has 0 amide bonds. The summed E-state index contributed by atoms with van der Waals surface area (Å²) in [6.45, 7) is 8.00. The number of carboxylic acid groups (broad SMARTS) is 1. The van der Waals surface area contributed by atoms with Crippen molar-refractivity contribution in [2.45, 2.75) is 27.7 Å². The summed E-state index contributed by atoms with van der Waals surface area (Å²) >= 11 is 1.44. The predicted octanol–water partition coefficient (Wildman–Crippen LogP) is 5.49. The normalized spacial score (nSPS) is 18.6. The van der Waals surface area contributed by atoms with Crippen LogP contribution in [0.4, 0.5) is 5.69 Å². The van der Waals surface area contributed by atoms with E-state index >= 15 is 0 Å². The fourth-order valence-electron chi connectivity index (χ4n) is 2.95. The zero-order valence-electron chi connectivity index (χ0n) is 15.6. The summed E-state index contributed by atoms with van der Waals surface area (Å²) < 4.78 is 5.31. The third-order valence-corrected chi connectivity index (χ3v) is 5.41. The van der Waals surface area contributed by atoms with Crippen LogP contribution in [-0.4, -0.2) is 21.9 Å². The summed E-state index contributed by atoms with van der Waals surface area (Å²) in [5.74, 6) is -0.890. The molecule has 1 aliphatic rings. The Kier molecular flexibility index (Phi) is 5.11. The van der Waals surface area contributed by atoms with Crippen LogP contribution in [0.2, 0.25) is 0 Å². The number of hydrogen-bond acceptors (Lipinski definition) is 5. The number of carbonyl (C=O) groups is 2. The summed E-state index contributed by atoms with van der Waals surface area (Å²) in [4.78, 5) is 28.9. The molecule has 1 N–H and O–H groups in total. The van der Waals surface area contributed by atoms with E-state index in [0.29, 0.717) is 22.1 Å². The van der Waals surface area contributed by atoms with Crippen molar-refractivity contribution in [2.24, 2.45) is 16.3 Å². The molecule has 6 heteroatoms. The van der Waals surface area contributed by atoms with Gasteiger partial charge in [0, 0.05) is 0 Å². The van der Waals surface area contributed by atoms with Crippen LogP contribution in [-0.2, 0) is 0 Å². The van der Waals surface area contributed by atoms with Crippen LogP contribution in [0, 0.1) is 18.3 Å². The number of nitrogens with zero attached hydrogens (tertiary/aromatic N) is 1. The van der Waals surface area contributed by atoms with Gasteiger partial charge < -0.3 is 9.52 Å². The van der Waals surface area contributed by atoms with Crippen molar-refractivity contribution < 1.29 is 19.1 Å². The summed E-state index contributed by atoms with van der Waals surface area (Å²) in [5.41, 5.74) is 2.21. The van der Waals surface area contributed by atoms with Gasteiger partial charge in [-0.1, -0.05) is 32.5 Å². The Hall–Kier alpha value is -2.60. The minimum Gasteiger partial charge on any atom is -0.478 e. The van der Waals surface area contributed by atoms with Gasteiger partial charge in [-0.25, -0.2) is 9.79 Å². The third kappa shape index (κ3) is 3.90. The van der Waals surface area contributed by atoms with Gasteiger partial charge >= 0.3 is 5.97 Å². The topological polar surface area (TPSA) is 79.9 Å². The zero-order valence-corrected chi connectivity index (χ0v) is 16.5. The smallest absolute Gasteiger partial charge is 0.335 e. The van der Waals surface area contributed by atoms with Crippen LogP contribution in [0.1, 0.15) is 47.2 Å². The number of thioether (sulfide) groups is 1. The molecule has 1 atom stereocenters. The Morgan fingerprint density at radius 3 is 2.33 bits per heavy atom. The number of allylic oxidation sites excluding steroid dienone is 1. The molecule has 1 aromatic heterocycles. The van der Waals surface area contributed by atoms with Gasteiger partial charge in [-0.2, -0.15) is 0 Å². The maximum atomic E-state index is 13.3. The molecule has 0 radical (unpaired) electrons. The largest absolute Gasteiger partial charge is 0.478 e. The van der Waals surface area contributed by atoms with Gasteiger partial charge in [0.15, 0.2) is 5.78 Å². The number of aromatic carboxylic acids is 1. The van der Waals surface area contributed by atoms with Crippen LogP contribution in [0.3, 0.4) is 0 Å². The van der Waals surface area contributed by atoms with Gasteiger partial charge in [-0.3, -0.25) is 4.79 Å². The lowest BCUT2D eigenvalue weighted by Crippen LogP contribution is -2.27. The van der Waals surface area contributed by atoms with Crippen LogP contribution in [0.25, 0.3) is 0 Å². The van der Waals surface area contributed by atoms with E-state index in [0.717, 1.165) is 5.57 Å². The van der Waals surface area contributed by atoms with E-state index < -0.39 is 11.9 Å². The average Bonchev–Trinajstić information content (AvgIpc) is 3.21. The second kappa shape index (κ2) is 7.19. The number of Topliss-reactive ketones (excluding diaryl/α,β-unsaturated/α-hetero) is 1. The highest BCUT2D eigenvalue weighted by atomic mass is 32.2. The number of carbonyl (C=O) groups excluding carboxylic acids is 1. The van der Waals surface area contributed by atoms with Crippen molar-refractivity contribution in [2.75, 3.05) is 0 Å². The summed E-state index contributed by atoms with van der Waals surface area (Å²) in [7, 11) is 0. The van der Waals surface area contributed by atoms with E-state index in [2.05, 4.69) is 25.8 Å². The number of hydrogen-bond donors (Lipinski definition) is 1. The monoisotopic (exact) mass is 383 g/mol. The molecule has 0 saturated heterocycles. The van der Waals surface area contributed by atoms with Crippen molar-refractivity contribution in [3.8, 4) is 0 Å². The number of ketones is 1. The minimum absolute atomic E-state index is 0.0340. The Morgan fingerprint density at radius 2 is 1.81 bits per heavy atom. The summed E-state index contributed by atoms with van der Waals surface area (Å²) in [6.07, 6.45) is 1.52. The van der Waals surface area contributed by atoms with Crippen molar-refractivity contribution in [3.05, 3.63) is 64.5 Å². The summed E-state index contributed by atoms with van der Waals surface area (Å²) in [6, 6.07) is 8.01. The Balaban J connectivity index is 2.00. The highest BCUT2D eigenvalue weighted by Crippen LogP contribution is 2.44. The molecule has 0 unspecified atom stereocenters. The Bertz CT molecular complexity index is 945. The van der Waals surface area contributed by atoms with Gasteiger partial charge in [0.2, 0.25) is 0 Å². The van der Waals surface area contributed by atoms with E-state index in [9.17, 15) is 9.59 Å². The molecular formula is C21H21NO4S. The molecule has 2 heterocycles. The molecule has 27 heavy (non-hydrogen) atoms. The predicted molar refractivity (Wildman–Crippen MR) is 107 cm³/mol. The van der Waals surface area contributed by atoms with Crippen LogP contribution in [0.15, 0.2) is 57.0 Å². The number of furan rings is 1. The van der Waals surface area contributed by atoms with Crippen LogP contribution < -0.4 is 0 Å². The highest BCUT2D eigenvalue weighted by molar-refractivity contribution is 8.17. The van der Waals surface area contributed by atoms with E-state index in [1.54, 1.807) is 25.1 Å². The van der Waals surface area contributed by atoms with Gasteiger partial charge in [0.25, 0.3) is 0 Å². The molecular weight excluding hydrogens is 362 g/mol. The van der Waals surface area contributed by atoms with E-state index in [1.807, 2.05) is 5.41 Å². The number of benzene rings is 1. The van der Waals surface area contributed by atoms with Crippen molar-refractivity contribution in [1.29, 1.82) is 0 Å². The van der Waals surface area contributed by atoms with Gasteiger partial charge in [-0.05, 0) is 53.7 Å². The third-order valence-electron chi connectivity index (χ3n) is 4.47. The summed E-state index contributed by atoms with van der Waals surface area (Å²) in [5, 5.41) is 11.7. The second-order valence-electron chi connectivity index (χ2n) is 7.43. The number of aryl methyl sites for hydroxylation is 1. The van der Waals surface area contributed by atoms with Crippen molar-refractivity contribution in [1.82, 2.24) is 0 Å². The van der Waals surface area contributed by atoms with Gasteiger partial charge in [0.1, 0.15) is 5.76 Å². The van der Waals surface area contributed by atoms with E-state index in [4.69, 9.17) is 9.52 Å². The van der Waals surface area contributed by atoms with Crippen molar-refractivity contribution in [3.63, 3.8) is 0 Å². The molecule has 1 aliphatic heterocycles. The molecule has 0 bridgehead atoms. The fraction of sp³-hybridized carbons (Fsp3) is 0.286. The van der Waals surface area contributed by atoms with Gasteiger partial charge in [-0.15, -0.1) is 0 Å².